The lowest BCUT2D eigenvalue weighted by atomic mass is 10.1. The fourth-order valence-electron chi connectivity index (χ4n) is 3.67. The number of ether oxygens (including phenoxy) is 1. The number of thioether (sulfide) groups is 1. The summed E-state index contributed by atoms with van der Waals surface area (Å²) >= 11 is 7.80. The molecule has 144 valence electrons. The summed E-state index contributed by atoms with van der Waals surface area (Å²) in [7, 11) is 1.80. The van der Waals surface area contributed by atoms with E-state index in [4.69, 9.17) is 16.3 Å². The molecule has 9 heteroatoms. The summed E-state index contributed by atoms with van der Waals surface area (Å²) in [5, 5.41) is 0.178. The van der Waals surface area contributed by atoms with Crippen LogP contribution in [-0.4, -0.2) is 44.8 Å². The largest absolute Gasteiger partial charge is 0.358 e. The molecule has 2 aliphatic rings. The van der Waals surface area contributed by atoms with Crippen LogP contribution in [0.2, 0.25) is 5.28 Å². The van der Waals surface area contributed by atoms with Crippen molar-refractivity contribution < 1.29 is 9.53 Å². The number of fused-ring (bicyclic) bond motifs is 2. The second-order valence-corrected chi connectivity index (χ2v) is 8.27. The van der Waals surface area contributed by atoms with Crippen LogP contribution >= 0.6 is 23.4 Å². The second-order valence-electron chi connectivity index (χ2n) is 6.91. The van der Waals surface area contributed by atoms with Crippen LogP contribution in [0.25, 0.3) is 22.4 Å². The number of aromatic nitrogens is 4. The molecule has 0 aliphatic carbocycles. The Kier molecular flexibility index (Phi) is 4.49. The number of hydrogen-bond acceptors (Lipinski definition) is 6. The fourth-order valence-corrected chi connectivity index (χ4v) is 4.87. The molecule has 2 aromatic heterocycles. The van der Waals surface area contributed by atoms with Gasteiger partial charge in [-0.05, 0) is 43.0 Å². The first-order chi connectivity index (χ1) is 13.6. The number of carbonyl (C=O) groups is 1. The first-order valence-corrected chi connectivity index (χ1v) is 10.5. The summed E-state index contributed by atoms with van der Waals surface area (Å²) in [5.41, 5.74) is 3.87. The number of carbonyl (C=O) groups excluding carboxylic acids is 1. The zero-order chi connectivity index (χ0) is 19.3. The Labute approximate surface area is 171 Å². The van der Waals surface area contributed by atoms with Crippen LogP contribution in [-0.2, 0) is 9.53 Å². The highest BCUT2D eigenvalue weighted by Crippen LogP contribution is 2.38. The lowest BCUT2D eigenvalue weighted by Crippen LogP contribution is -2.31. The topological polar surface area (TPSA) is 73.1 Å². The van der Waals surface area contributed by atoms with Gasteiger partial charge in [-0.3, -0.25) is 9.36 Å². The highest BCUT2D eigenvalue weighted by Gasteiger charge is 2.24. The van der Waals surface area contributed by atoms with Crippen LogP contribution in [0.4, 0.5) is 5.69 Å². The molecule has 7 nitrogen and oxygen atoms in total. The zero-order valence-electron chi connectivity index (χ0n) is 15.3. The van der Waals surface area contributed by atoms with Gasteiger partial charge in [0.25, 0.3) is 0 Å². The van der Waals surface area contributed by atoms with Crippen LogP contribution in [0, 0.1) is 0 Å². The van der Waals surface area contributed by atoms with E-state index in [1.807, 2.05) is 22.8 Å². The third-order valence-corrected chi connectivity index (χ3v) is 6.38. The smallest absolute Gasteiger partial charge is 0.237 e. The van der Waals surface area contributed by atoms with Gasteiger partial charge in [0.15, 0.2) is 5.65 Å². The van der Waals surface area contributed by atoms with Gasteiger partial charge in [0, 0.05) is 24.1 Å². The third kappa shape index (κ3) is 2.96. The predicted octanol–water partition coefficient (Wildman–Crippen LogP) is 3.91. The first kappa shape index (κ1) is 17.9. The molecule has 2 aliphatic heterocycles. The number of imidazole rings is 1. The van der Waals surface area contributed by atoms with E-state index >= 15 is 0 Å². The highest BCUT2D eigenvalue weighted by molar-refractivity contribution is 8.00. The van der Waals surface area contributed by atoms with Crippen molar-refractivity contribution in [1.29, 1.82) is 0 Å². The number of halogens is 1. The van der Waals surface area contributed by atoms with Crippen LogP contribution in [0.15, 0.2) is 29.4 Å². The van der Waals surface area contributed by atoms with E-state index in [1.54, 1.807) is 18.3 Å². The van der Waals surface area contributed by atoms with Crippen molar-refractivity contribution in [2.45, 2.75) is 30.4 Å². The average Bonchev–Trinajstić information content (AvgIpc) is 3.14. The summed E-state index contributed by atoms with van der Waals surface area (Å²) in [6, 6.07) is 5.93. The predicted molar refractivity (Wildman–Crippen MR) is 109 cm³/mol. The van der Waals surface area contributed by atoms with Gasteiger partial charge in [-0.25, -0.2) is 9.97 Å². The number of anilines is 1. The van der Waals surface area contributed by atoms with E-state index in [0.717, 1.165) is 42.0 Å². The maximum absolute atomic E-state index is 11.9. The van der Waals surface area contributed by atoms with Crippen LogP contribution in [0.5, 0.6) is 0 Å². The monoisotopic (exact) mass is 415 g/mol. The van der Waals surface area contributed by atoms with Crippen LogP contribution in [0.1, 0.15) is 25.5 Å². The molecule has 1 amide bonds. The maximum atomic E-state index is 11.9. The Morgan fingerprint density at radius 1 is 1.29 bits per heavy atom. The Hall–Kier alpha value is -2.16. The molecule has 0 spiro atoms. The van der Waals surface area contributed by atoms with Crippen LogP contribution in [0.3, 0.4) is 0 Å². The Bertz CT molecular complexity index is 1080. The molecule has 0 bridgehead atoms. The van der Waals surface area contributed by atoms with Gasteiger partial charge in [0.1, 0.15) is 17.4 Å². The first-order valence-electron chi connectivity index (χ1n) is 9.17. The lowest BCUT2D eigenvalue weighted by molar-refractivity contribution is -0.116. The molecule has 0 saturated carbocycles. The molecular weight excluding hydrogens is 398 g/mol. The van der Waals surface area contributed by atoms with Crippen molar-refractivity contribution in [3.05, 3.63) is 29.8 Å². The highest BCUT2D eigenvalue weighted by atomic mass is 35.5. The van der Waals surface area contributed by atoms with Gasteiger partial charge in [0.05, 0.1) is 17.8 Å². The SMILES string of the molecule is CN1C(=O)CSc2cc(-c3nc(Cl)nc4c3ncn4C3CCCCO3)ccc21. The number of amides is 1. The summed E-state index contributed by atoms with van der Waals surface area (Å²) in [5.74, 6) is 0.532. The summed E-state index contributed by atoms with van der Waals surface area (Å²) in [6.07, 6.45) is 4.81. The molecule has 3 aromatic rings. The van der Waals surface area contributed by atoms with Gasteiger partial charge in [-0.15, -0.1) is 11.8 Å². The van der Waals surface area contributed by atoms with Gasteiger partial charge in [0.2, 0.25) is 11.2 Å². The molecule has 1 aromatic carbocycles. The number of hydrogen-bond donors (Lipinski definition) is 0. The standard InChI is InChI=1S/C19H18ClN5O2S/c1-24-12-6-5-11(8-13(12)28-9-14(24)26)16-17-18(23-19(20)22-16)25(10-21-17)15-4-2-3-7-27-15/h5-6,8,10,15H,2-4,7,9H2,1H3. The van der Waals surface area contributed by atoms with Crippen molar-refractivity contribution >= 4 is 46.1 Å². The molecule has 5 rings (SSSR count). The molecule has 1 fully saturated rings. The van der Waals surface area contributed by atoms with Gasteiger partial charge in [-0.1, -0.05) is 6.07 Å². The van der Waals surface area contributed by atoms with Gasteiger partial charge < -0.3 is 9.64 Å². The van der Waals surface area contributed by atoms with E-state index in [1.165, 1.54) is 11.8 Å². The minimum Gasteiger partial charge on any atom is -0.358 e. The Balaban J connectivity index is 1.61. The lowest BCUT2D eigenvalue weighted by Gasteiger charge is -2.25. The van der Waals surface area contributed by atoms with E-state index in [0.29, 0.717) is 22.6 Å². The average molecular weight is 416 g/mol. The molecular formula is C19H18ClN5O2S. The van der Waals surface area contributed by atoms with Gasteiger partial charge in [-0.2, -0.15) is 4.98 Å². The molecule has 0 radical (unpaired) electrons. The van der Waals surface area contributed by atoms with Crippen LogP contribution < -0.4 is 4.90 Å². The molecule has 4 heterocycles. The summed E-state index contributed by atoms with van der Waals surface area (Å²) in [6.45, 7) is 0.740. The molecule has 1 saturated heterocycles. The fraction of sp³-hybridized carbons (Fsp3) is 0.368. The van der Waals surface area contributed by atoms with Crippen molar-refractivity contribution in [1.82, 2.24) is 19.5 Å². The Morgan fingerprint density at radius 3 is 3.00 bits per heavy atom. The van der Waals surface area contributed by atoms with E-state index in [-0.39, 0.29) is 17.4 Å². The van der Waals surface area contributed by atoms with Crippen molar-refractivity contribution in [2.24, 2.45) is 0 Å². The third-order valence-electron chi connectivity index (χ3n) is 5.18. The maximum Gasteiger partial charge on any atom is 0.237 e. The normalized spacial score (nSPS) is 19.9. The minimum atomic E-state index is -0.0729. The van der Waals surface area contributed by atoms with Crippen molar-refractivity contribution in [3.63, 3.8) is 0 Å². The van der Waals surface area contributed by atoms with Crippen molar-refractivity contribution in [3.8, 4) is 11.3 Å². The molecule has 28 heavy (non-hydrogen) atoms. The van der Waals surface area contributed by atoms with E-state index < -0.39 is 0 Å². The van der Waals surface area contributed by atoms with E-state index in [2.05, 4.69) is 15.0 Å². The molecule has 0 N–H and O–H groups in total. The molecule has 1 unspecified atom stereocenters. The minimum absolute atomic E-state index is 0.0729. The number of rotatable bonds is 2. The van der Waals surface area contributed by atoms with Crippen molar-refractivity contribution in [2.75, 3.05) is 24.3 Å². The molecule has 1 atom stereocenters. The van der Waals surface area contributed by atoms with E-state index in [9.17, 15) is 4.79 Å². The number of nitrogens with zero attached hydrogens (tertiary/aromatic N) is 5. The summed E-state index contributed by atoms with van der Waals surface area (Å²) < 4.78 is 7.84. The quantitative estimate of drug-likeness (QED) is 0.591. The number of benzene rings is 1. The second kappa shape index (κ2) is 7.02. The summed E-state index contributed by atoms with van der Waals surface area (Å²) in [4.78, 5) is 28.1. The Morgan fingerprint density at radius 2 is 2.18 bits per heavy atom. The van der Waals surface area contributed by atoms with Gasteiger partial charge >= 0.3 is 0 Å². The zero-order valence-corrected chi connectivity index (χ0v) is 16.8.